The predicted molar refractivity (Wildman–Crippen MR) is 141 cm³/mol. The lowest BCUT2D eigenvalue weighted by Gasteiger charge is -2.28. The van der Waals surface area contributed by atoms with E-state index in [9.17, 15) is 9.59 Å². The molecule has 0 unspecified atom stereocenters. The number of benzene rings is 2. The fourth-order valence-corrected chi connectivity index (χ4v) is 4.54. The topological polar surface area (TPSA) is 105 Å². The van der Waals surface area contributed by atoms with Crippen molar-refractivity contribution in [3.63, 3.8) is 0 Å². The molecule has 4 N–H and O–H groups in total. The van der Waals surface area contributed by atoms with Crippen molar-refractivity contribution in [2.45, 2.75) is 70.8 Å². The second-order valence-electron chi connectivity index (χ2n) is 9.42. The molecule has 3 rings (SSSR count). The summed E-state index contributed by atoms with van der Waals surface area (Å²) in [5.74, 6) is 0.0670. The maximum atomic E-state index is 12.5. The molecule has 0 bridgehead atoms. The van der Waals surface area contributed by atoms with Gasteiger partial charge in [-0.05, 0) is 79.1 Å². The Labute approximate surface area is 208 Å². The molecular formula is C29H38N2O4. The summed E-state index contributed by atoms with van der Waals surface area (Å²) < 4.78 is 11.0. The third kappa shape index (κ3) is 9.12. The molecule has 2 aromatic carbocycles. The van der Waals surface area contributed by atoms with E-state index in [0.717, 1.165) is 42.7 Å². The number of esters is 2. The van der Waals surface area contributed by atoms with E-state index in [-0.39, 0.29) is 18.7 Å². The van der Waals surface area contributed by atoms with Crippen LogP contribution in [0.4, 0.5) is 11.4 Å². The van der Waals surface area contributed by atoms with Crippen molar-refractivity contribution < 1.29 is 19.1 Å². The summed E-state index contributed by atoms with van der Waals surface area (Å²) in [5, 5.41) is 0. The van der Waals surface area contributed by atoms with Crippen LogP contribution in [-0.4, -0.2) is 24.6 Å². The Morgan fingerprint density at radius 1 is 0.971 bits per heavy atom. The van der Waals surface area contributed by atoms with E-state index in [2.05, 4.69) is 6.92 Å². The van der Waals surface area contributed by atoms with Crippen LogP contribution in [0.5, 0.6) is 0 Å². The molecule has 0 aromatic heterocycles. The van der Waals surface area contributed by atoms with Gasteiger partial charge in [0, 0.05) is 23.9 Å². The summed E-state index contributed by atoms with van der Waals surface area (Å²) in [6, 6.07) is 12.4. The summed E-state index contributed by atoms with van der Waals surface area (Å²) >= 11 is 0. The van der Waals surface area contributed by atoms with Crippen LogP contribution in [0.3, 0.4) is 0 Å². The van der Waals surface area contributed by atoms with E-state index >= 15 is 0 Å². The number of hydrogen-bond acceptors (Lipinski definition) is 6. The summed E-state index contributed by atoms with van der Waals surface area (Å²) in [7, 11) is 0. The average molecular weight is 479 g/mol. The molecule has 0 aliphatic heterocycles. The van der Waals surface area contributed by atoms with Crippen molar-refractivity contribution in [3.05, 3.63) is 65.2 Å². The molecule has 2 aromatic rings. The van der Waals surface area contributed by atoms with Crippen molar-refractivity contribution >= 4 is 29.4 Å². The molecule has 0 saturated heterocycles. The van der Waals surface area contributed by atoms with Gasteiger partial charge in [-0.15, -0.1) is 0 Å². The van der Waals surface area contributed by atoms with Gasteiger partial charge in [-0.3, -0.25) is 0 Å². The fraction of sp³-hybridized carbons (Fsp3) is 0.448. The Hall–Kier alpha value is -3.28. The van der Waals surface area contributed by atoms with Crippen molar-refractivity contribution in [1.82, 2.24) is 0 Å². The van der Waals surface area contributed by atoms with Crippen molar-refractivity contribution in [3.8, 4) is 0 Å². The highest BCUT2D eigenvalue weighted by Gasteiger charge is 2.24. The first kappa shape index (κ1) is 26.3. The van der Waals surface area contributed by atoms with Crippen LogP contribution >= 0.6 is 0 Å². The van der Waals surface area contributed by atoms with Gasteiger partial charge < -0.3 is 20.9 Å². The zero-order valence-electron chi connectivity index (χ0n) is 20.7. The first-order chi connectivity index (χ1) is 16.9. The van der Waals surface area contributed by atoms with Crippen LogP contribution in [-0.2, 0) is 20.7 Å². The van der Waals surface area contributed by atoms with Gasteiger partial charge in [0.05, 0.1) is 12.2 Å². The minimum Gasteiger partial charge on any atom is -0.462 e. The van der Waals surface area contributed by atoms with E-state index in [0.29, 0.717) is 23.4 Å². The lowest BCUT2D eigenvalue weighted by Crippen LogP contribution is -2.24. The predicted octanol–water partition coefficient (Wildman–Crippen LogP) is 5.95. The van der Waals surface area contributed by atoms with E-state index < -0.39 is 5.97 Å². The van der Waals surface area contributed by atoms with Crippen molar-refractivity contribution in [2.75, 3.05) is 18.1 Å². The molecule has 6 heteroatoms. The molecule has 35 heavy (non-hydrogen) atoms. The quantitative estimate of drug-likeness (QED) is 0.179. The van der Waals surface area contributed by atoms with Crippen LogP contribution < -0.4 is 11.5 Å². The van der Waals surface area contributed by atoms with Crippen LogP contribution in [0.15, 0.2) is 48.5 Å². The lowest BCUT2D eigenvalue weighted by atomic mass is 9.84. The highest BCUT2D eigenvalue weighted by molar-refractivity contribution is 5.90. The standard InChI is InChI=1S/C29H38N2O4/c1-2-3-4-5-21-8-13-27(14-9-21)35-29(33)24-11-6-22(7-12-24)10-15-28(32)34-17-16-23-18-25(30)20-26(31)19-23/h6-7,10-12,15,18-21,27H,2-5,8-9,13-14,16-17,30-31H2,1H3. The molecule has 0 atom stereocenters. The number of nitrogens with two attached hydrogens (primary N) is 2. The Kier molecular flexibility index (Phi) is 10.2. The fourth-order valence-electron chi connectivity index (χ4n) is 4.54. The number of carbonyl (C=O) groups excluding carboxylic acids is 2. The largest absolute Gasteiger partial charge is 0.462 e. The van der Waals surface area contributed by atoms with Gasteiger partial charge in [0.2, 0.25) is 0 Å². The molecule has 0 spiro atoms. The van der Waals surface area contributed by atoms with Gasteiger partial charge in [-0.2, -0.15) is 0 Å². The molecule has 188 valence electrons. The van der Waals surface area contributed by atoms with Crippen LogP contribution in [0.1, 0.15) is 79.8 Å². The minimum atomic E-state index is -0.435. The highest BCUT2D eigenvalue weighted by atomic mass is 16.5. The molecule has 1 aliphatic rings. The summed E-state index contributed by atoms with van der Waals surface area (Å²) in [5.41, 5.74) is 15.0. The monoisotopic (exact) mass is 478 g/mol. The molecule has 1 fully saturated rings. The highest BCUT2D eigenvalue weighted by Crippen LogP contribution is 2.30. The lowest BCUT2D eigenvalue weighted by molar-refractivity contribution is -0.137. The number of ether oxygens (including phenoxy) is 2. The zero-order valence-corrected chi connectivity index (χ0v) is 20.7. The van der Waals surface area contributed by atoms with Gasteiger partial charge in [-0.1, -0.05) is 44.7 Å². The van der Waals surface area contributed by atoms with Crippen LogP contribution in [0.2, 0.25) is 0 Å². The first-order valence-electron chi connectivity index (χ1n) is 12.7. The van der Waals surface area contributed by atoms with E-state index in [1.54, 1.807) is 36.4 Å². The van der Waals surface area contributed by atoms with Crippen LogP contribution in [0, 0.1) is 5.92 Å². The number of unbranched alkanes of at least 4 members (excludes halogenated alkanes) is 2. The SMILES string of the molecule is CCCCCC1CCC(OC(=O)c2ccc(C=CC(=O)OCCc3cc(N)cc(N)c3)cc2)CC1. The number of rotatable bonds is 11. The number of nitrogen functional groups attached to an aromatic ring is 2. The number of anilines is 2. The van der Waals surface area contributed by atoms with Crippen molar-refractivity contribution in [1.29, 1.82) is 0 Å². The maximum absolute atomic E-state index is 12.5. The van der Waals surface area contributed by atoms with E-state index in [1.807, 2.05) is 12.1 Å². The van der Waals surface area contributed by atoms with Gasteiger partial charge in [0.1, 0.15) is 6.10 Å². The Balaban J connectivity index is 1.38. The molecule has 0 amide bonds. The Morgan fingerprint density at radius 2 is 1.66 bits per heavy atom. The Bertz CT molecular complexity index is 972. The smallest absolute Gasteiger partial charge is 0.338 e. The van der Waals surface area contributed by atoms with E-state index in [4.69, 9.17) is 20.9 Å². The normalized spacial score (nSPS) is 17.9. The van der Waals surface area contributed by atoms with E-state index in [1.165, 1.54) is 31.8 Å². The third-order valence-corrected chi connectivity index (χ3v) is 6.51. The zero-order chi connectivity index (χ0) is 25.0. The van der Waals surface area contributed by atoms with Gasteiger partial charge in [-0.25, -0.2) is 9.59 Å². The molecular weight excluding hydrogens is 440 g/mol. The number of hydrogen-bond donors (Lipinski definition) is 2. The molecule has 6 nitrogen and oxygen atoms in total. The summed E-state index contributed by atoms with van der Waals surface area (Å²) in [4.78, 5) is 24.5. The third-order valence-electron chi connectivity index (χ3n) is 6.51. The second-order valence-corrected chi connectivity index (χ2v) is 9.42. The summed E-state index contributed by atoms with van der Waals surface area (Å²) in [6.45, 7) is 2.47. The number of carbonyl (C=O) groups is 2. The molecule has 0 radical (unpaired) electrons. The second kappa shape index (κ2) is 13.6. The van der Waals surface area contributed by atoms with Crippen LogP contribution in [0.25, 0.3) is 6.08 Å². The summed E-state index contributed by atoms with van der Waals surface area (Å²) in [6.07, 6.45) is 13.0. The molecule has 1 aliphatic carbocycles. The van der Waals surface area contributed by atoms with Gasteiger partial charge in [0.25, 0.3) is 0 Å². The first-order valence-corrected chi connectivity index (χ1v) is 12.7. The van der Waals surface area contributed by atoms with Gasteiger partial charge in [0.15, 0.2) is 0 Å². The molecule has 1 saturated carbocycles. The van der Waals surface area contributed by atoms with Crippen molar-refractivity contribution in [2.24, 2.45) is 5.92 Å². The average Bonchev–Trinajstić information content (AvgIpc) is 2.84. The molecule has 0 heterocycles. The van der Waals surface area contributed by atoms with Gasteiger partial charge >= 0.3 is 11.9 Å². The minimum absolute atomic E-state index is 0.0167. The maximum Gasteiger partial charge on any atom is 0.338 e. The Morgan fingerprint density at radius 3 is 2.31 bits per heavy atom.